The summed E-state index contributed by atoms with van der Waals surface area (Å²) in [5.74, 6) is 0. The van der Waals surface area contributed by atoms with Crippen molar-refractivity contribution in [1.29, 1.82) is 0 Å². The molecule has 17 rings (SSSR count). The molecule has 618 valence electrons. The first-order valence-corrected chi connectivity index (χ1v) is 42.7. The third kappa shape index (κ3) is 24.1. The van der Waals surface area contributed by atoms with Crippen LogP contribution in [0.2, 0.25) is 0 Å². The molecule has 0 saturated carbocycles. The lowest BCUT2D eigenvalue weighted by atomic mass is 9.95. The Morgan fingerprint density at radius 1 is 0.137 bits per heavy atom. The van der Waals surface area contributed by atoms with Crippen molar-refractivity contribution in [2.75, 3.05) is 11.5 Å². The highest BCUT2D eigenvalue weighted by Gasteiger charge is 2.32. The minimum atomic E-state index is -4.94. The summed E-state index contributed by atoms with van der Waals surface area (Å²) < 4.78 is 145. The van der Waals surface area contributed by atoms with Crippen molar-refractivity contribution >= 4 is 11.4 Å². The van der Waals surface area contributed by atoms with Crippen LogP contribution in [-0.2, 0) is 0 Å². The number of anilines is 2. The number of aromatic nitrogens is 4. The van der Waals surface area contributed by atoms with Crippen molar-refractivity contribution < 1.29 is 134 Å². The van der Waals surface area contributed by atoms with Crippen LogP contribution in [0, 0.1) is 41.0 Å². The van der Waals surface area contributed by atoms with E-state index in [2.05, 4.69) is 407 Å². The van der Waals surface area contributed by atoms with E-state index in [0.717, 1.165) is 169 Å². The lowest BCUT2D eigenvalue weighted by Gasteiger charge is -2.17. The highest BCUT2D eigenvalue weighted by atomic mass is 35.7. The van der Waals surface area contributed by atoms with Crippen molar-refractivity contribution in [2.24, 2.45) is 0 Å². The Balaban J connectivity index is 0.000000596. The molecule has 0 bridgehead atoms. The molecule has 0 radical (unpaired) electrons. The molecule has 22 nitrogen and oxygen atoms in total. The molecule has 0 aliphatic heterocycles. The Hall–Kier alpha value is -13.4. The molecule has 0 aliphatic carbocycles. The second-order valence-electron chi connectivity index (χ2n) is 27.7. The summed E-state index contributed by atoms with van der Waals surface area (Å²) in [6, 6.07) is 148. The zero-order chi connectivity index (χ0) is 87.7. The van der Waals surface area contributed by atoms with Gasteiger partial charge in [-0.2, -0.15) is 18.3 Å². The molecule has 17 aromatic rings. The van der Waals surface area contributed by atoms with Crippen LogP contribution < -0.4 is 104 Å². The number of rotatable bonds is 16. The maximum atomic E-state index is 8.49. The first-order chi connectivity index (χ1) is 59.4. The number of benzene rings is 13. The van der Waals surface area contributed by atoms with Gasteiger partial charge in [0.05, 0.1) is 0 Å². The van der Waals surface area contributed by atoms with Crippen molar-refractivity contribution in [3.63, 3.8) is 0 Å². The maximum Gasteiger partial charge on any atom is 0.219 e. The van der Waals surface area contributed by atoms with E-state index in [-0.39, 0.29) is 0 Å². The minimum absolute atomic E-state index is 0.724. The summed E-state index contributed by atoms with van der Waals surface area (Å²) in [5, 5.41) is 0. The van der Waals surface area contributed by atoms with E-state index in [4.69, 9.17) is 86.0 Å². The average Bonchev–Trinajstić information content (AvgIpc) is 0.757. The topological polar surface area (TPSA) is 437 Å². The van der Waals surface area contributed by atoms with Gasteiger partial charge in [-0.25, -0.2) is 74.5 Å². The molecule has 0 fully saturated rings. The van der Waals surface area contributed by atoms with E-state index in [0.29, 0.717) is 0 Å². The lowest BCUT2D eigenvalue weighted by molar-refractivity contribution is -2.00. The zero-order valence-corrected chi connectivity index (χ0v) is 68.3. The number of nitrogen functional groups attached to an aromatic ring is 2. The number of halogens is 4. The predicted molar refractivity (Wildman–Crippen MR) is 427 cm³/mol. The normalized spacial score (nSPS) is 11.3. The third-order valence-electron chi connectivity index (χ3n) is 19.6. The molecule has 4 N–H and O–H groups in total. The SMILES string of the molecule is Nc1ccc(-[n+]2c(-c3ccccc3)cc(-c3ccc(-c4cc(-c5ccccc5)[n+](-c5ccc(-[n+]6c(-c7ccccc7)cc(-c7ccc(-c8cc(-c9ccccc9)[n+](-c9ccc(N)cc9)c(-c9ccccc9)c8)cc7)cc6-c6ccccc6)cc5)c(-c5ccccc5)c4)cc3)cc2-c2ccccc2)cc1.[O-][Cl+3]([O-])([O-])[O-].[O-][Cl+3]([O-])([O-])[O-].[O-][Cl+3]([O-])([O-])[O-].[O-][Cl+3]([O-])([O-])[O-]. The highest BCUT2D eigenvalue weighted by molar-refractivity contribution is 5.82. The Morgan fingerprint density at radius 2 is 0.250 bits per heavy atom. The molecular weight excluding hydrogens is 1660 g/mol. The quantitative estimate of drug-likeness (QED) is 0.104. The second kappa shape index (κ2) is 39.6. The van der Waals surface area contributed by atoms with Gasteiger partial charge in [-0.1, -0.05) is 194 Å². The molecule has 0 saturated heterocycles. The molecule has 0 atom stereocenters. The lowest BCUT2D eigenvalue weighted by Crippen LogP contribution is -2.68. The molecule has 124 heavy (non-hydrogen) atoms. The van der Waals surface area contributed by atoms with Crippen molar-refractivity contribution in [2.45, 2.75) is 0 Å². The number of hydrogen-bond donors (Lipinski definition) is 2. The van der Waals surface area contributed by atoms with Crippen LogP contribution in [0.25, 0.3) is 157 Å². The van der Waals surface area contributed by atoms with Gasteiger partial charge in [0.1, 0.15) is 0 Å². The Kier molecular flexibility index (Phi) is 28.2. The fraction of sp³-hybridized carbons (Fsp3) is 0. The van der Waals surface area contributed by atoms with Crippen LogP contribution in [-0.4, -0.2) is 0 Å². The van der Waals surface area contributed by atoms with Gasteiger partial charge in [-0.05, 0) is 166 Å². The largest absolute Gasteiger partial charge is 0.399 e. The smallest absolute Gasteiger partial charge is 0.219 e. The van der Waals surface area contributed by atoms with Crippen LogP contribution in [0.1, 0.15) is 0 Å². The molecule has 26 heteroatoms. The molecule has 13 aromatic carbocycles. The van der Waals surface area contributed by atoms with Crippen LogP contribution in [0.4, 0.5) is 11.4 Å². The fourth-order valence-electron chi connectivity index (χ4n) is 14.4. The molecular formula is C98H72Cl4N6O16. The molecule has 0 unspecified atom stereocenters. The summed E-state index contributed by atoms with van der Waals surface area (Å²) in [6.45, 7) is 0. The number of nitrogens with zero attached hydrogens (tertiary/aromatic N) is 4. The molecule has 4 heterocycles. The minimum Gasteiger partial charge on any atom is -0.399 e. The third-order valence-corrected chi connectivity index (χ3v) is 19.6. The van der Waals surface area contributed by atoms with Gasteiger partial charge in [-0.15, -0.1) is 41.0 Å². The van der Waals surface area contributed by atoms with Crippen LogP contribution in [0.5, 0.6) is 0 Å². The van der Waals surface area contributed by atoms with Gasteiger partial charge in [0, 0.05) is 153 Å². The summed E-state index contributed by atoms with van der Waals surface area (Å²) in [4.78, 5) is 0. The second-order valence-corrected chi connectivity index (χ2v) is 30.7. The van der Waals surface area contributed by atoms with Crippen LogP contribution in [0.3, 0.4) is 0 Å². The molecule has 4 aromatic heterocycles. The Bertz CT molecular complexity index is 5720. The maximum absolute atomic E-state index is 8.49. The summed E-state index contributed by atoms with van der Waals surface area (Å²) in [5.41, 5.74) is 44.4. The number of pyridine rings is 4. The van der Waals surface area contributed by atoms with Gasteiger partial charge in [-0.3, -0.25) is 0 Å². The van der Waals surface area contributed by atoms with Gasteiger partial charge in [0.2, 0.25) is 68.3 Å². The zero-order valence-electron chi connectivity index (χ0n) is 65.2. The summed E-state index contributed by atoms with van der Waals surface area (Å²) in [6.07, 6.45) is 0. The van der Waals surface area contributed by atoms with Crippen molar-refractivity contribution in [3.05, 3.63) is 413 Å². The van der Waals surface area contributed by atoms with Gasteiger partial charge in [0.25, 0.3) is 0 Å². The van der Waals surface area contributed by atoms with E-state index < -0.39 is 41.0 Å². The highest BCUT2D eigenvalue weighted by Crippen LogP contribution is 2.39. The number of nitrogens with two attached hydrogens (primary N) is 2. The average molecular weight is 1730 g/mol. The van der Waals surface area contributed by atoms with Crippen molar-refractivity contribution in [1.82, 2.24) is 0 Å². The van der Waals surface area contributed by atoms with E-state index >= 15 is 0 Å². The fourth-order valence-corrected chi connectivity index (χ4v) is 14.4. The van der Waals surface area contributed by atoms with Gasteiger partial charge in [0.15, 0.2) is 0 Å². The van der Waals surface area contributed by atoms with Crippen LogP contribution in [0.15, 0.2) is 413 Å². The summed E-state index contributed by atoms with van der Waals surface area (Å²) >= 11 is 0. The molecule has 0 spiro atoms. The van der Waals surface area contributed by atoms with E-state index in [1.165, 1.54) is 0 Å². The van der Waals surface area contributed by atoms with Crippen molar-refractivity contribution in [3.8, 4) is 157 Å². The van der Waals surface area contributed by atoms with Gasteiger partial charge < -0.3 is 11.5 Å². The molecule has 0 amide bonds. The van der Waals surface area contributed by atoms with E-state index in [9.17, 15) is 0 Å². The monoisotopic (exact) mass is 1730 g/mol. The van der Waals surface area contributed by atoms with Gasteiger partial charge >= 0.3 is 0 Å². The van der Waals surface area contributed by atoms with E-state index in [1.807, 2.05) is 24.3 Å². The van der Waals surface area contributed by atoms with E-state index in [1.54, 1.807) is 0 Å². The predicted octanol–water partition coefficient (Wildman–Crippen LogP) is 2.94. The Labute approximate surface area is 721 Å². The Morgan fingerprint density at radius 3 is 0.371 bits per heavy atom. The molecule has 0 aliphatic rings. The standard InChI is InChI=1S/C98H70N6.4ClHO4/c99-85-49-53-87(54-50-85)101-91(73-25-9-1-10-26-73)61-81(62-92(101)74-27-11-2-12-28-74)69-41-45-71(46-42-69)83-65-95(77-33-17-5-18-34-77)103(96(66-83)78-35-19-6-20-36-78)89-57-59-90(60-58-89)104-97(79-37-21-7-22-38-79)67-84(68-98(104)80-39-23-8-24-40-80)72-47-43-70(44-48-72)82-63-93(75-29-13-3-14-30-75)102(88-55-51-86(100)52-56-88)94(64-82)76-31-15-4-16-32-76;4*2-1(3,4)5/h1-68,99-100H;4*(H,2,3,4,5)/q+2;;;;/p-2. The number of hydrogen-bond acceptors (Lipinski definition) is 18. The first kappa shape index (κ1) is 88.4. The first-order valence-electron chi connectivity index (χ1n) is 37.7. The summed E-state index contributed by atoms with van der Waals surface area (Å²) in [7, 11) is -19.8. The van der Waals surface area contributed by atoms with Crippen LogP contribution >= 0.6 is 0 Å².